The van der Waals surface area contributed by atoms with Crippen LogP contribution in [0.4, 0.5) is 4.79 Å². The Bertz CT molecular complexity index is 1070. The maximum Gasteiger partial charge on any atom is 0.293 e. The number of hydrogen-bond acceptors (Lipinski definition) is 8. The number of hydrogen-bond donors (Lipinski definition) is 1. The standard InChI is InChI=1S/C21H20ClN3O6S/c1-29-14-8-12(9-15(30-2)18(14)31-3)10-16-20(27)25(21(28)32-16)7-6-24-19(26)13-4-5-23-17(22)11-13/h4-5,8-11H,6-7H2,1-3H3,(H,24,26)/b16-10+. The van der Waals surface area contributed by atoms with E-state index < -0.39 is 11.1 Å². The van der Waals surface area contributed by atoms with E-state index in [1.165, 1.54) is 39.7 Å². The van der Waals surface area contributed by atoms with Crippen LogP contribution in [0.3, 0.4) is 0 Å². The van der Waals surface area contributed by atoms with E-state index in [0.717, 1.165) is 16.7 Å². The number of nitrogens with zero attached hydrogens (tertiary/aromatic N) is 2. The maximum atomic E-state index is 12.7. The molecule has 11 heteroatoms. The summed E-state index contributed by atoms with van der Waals surface area (Å²) in [6, 6.07) is 6.30. The summed E-state index contributed by atoms with van der Waals surface area (Å²) < 4.78 is 15.9. The topological polar surface area (TPSA) is 107 Å². The van der Waals surface area contributed by atoms with E-state index in [9.17, 15) is 14.4 Å². The first kappa shape index (κ1) is 23.4. The summed E-state index contributed by atoms with van der Waals surface area (Å²) in [5.74, 6) is 0.447. The third-order valence-corrected chi connectivity index (χ3v) is 5.58. The van der Waals surface area contributed by atoms with Gasteiger partial charge in [0.15, 0.2) is 11.5 Å². The molecule has 1 aliphatic heterocycles. The number of imide groups is 1. The van der Waals surface area contributed by atoms with Crippen LogP contribution in [-0.2, 0) is 4.79 Å². The van der Waals surface area contributed by atoms with Crippen molar-refractivity contribution in [2.45, 2.75) is 0 Å². The molecule has 1 N–H and O–H groups in total. The Kier molecular flexibility index (Phi) is 7.60. The molecule has 1 aliphatic rings. The Balaban J connectivity index is 1.69. The van der Waals surface area contributed by atoms with E-state index in [1.807, 2.05) is 0 Å². The zero-order valence-electron chi connectivity index (χ0n) is 17.5. The van der Waals surface area contributed by atoms with Gasteiger partial charge in [-0.05, 0) is 47.7 Å². The van der Waals surface area contributed by atoms with Gasteiger partial charge in [-0.2, -0.15) is 0 Å². The normalized spacial score (nSPS) is 14.6. The fourth-order valence-corrected chi connectivity index (χ4v) is 3.99. The van der Waals surface area contributed by atoms with Gasteiger partial charge in [0.2, 0.25) is 5.75 Å². The second-order valence-corrected chi connectivity index (χ2v) is 7.80. The van der Waals surface area contributed by atoms with Crippen LogP contribution in [0.25, 0.3) is 6.08 Å². The Hall–Kier alpha value is -3.24. The molecule has 0 unspecified atom stereocenters. The lowest BCUT2D eigenvalue weighted by Gasteiger charge is -2.13. The molecule has 168 valence electrons. The molecule has 2 heterocycles. The Morgan fingerprint density at radius 2 is 1.84 bits per heavy atom. The number of ether oxygens (including phenoxy) is 3. The summed E-state index contributed by atoms with van der Waals surface area (Å²) in [5.41, 5.74) is 0.939. The maximum absolute atomic E-state index is 12.7. The quantitative estimate of drug-likeness (QED) is 0.456. The van der Waals surface area contributed by atoms with Crippen molar-refractivity contribution in [2.24, 2.45) is 0 Å². The van der Waals surface area contributed by atoms with Crippen molar-refractivity contribution in [3.8, 4) is 17.2 Å². The summed E-state index contributed by atoms with van der Waals surface area (Å²) in [7, 11) is 4.47. The lowest BCUT2D eigenvalue weighted by molar-refractivity contribution is -0.122. The molecule has 1 aromatic heterocycles. The van der Waals surface area contributed by atoms with Crippen molar-refractivity contribution in [3.63, 3.8) is 0 Å². The van der Waals surface area contributed by atoms with Gasteiger partial charge in [-0.15, -0.1) is 0 Å². The van der Waals surface area contributed by atoms with Crippen LogP contribution in [0.5, 0.6) is 17.2 Å². The molecule has 0 atom stereocenters. The molecule has 3 rings (SSSR count). The Morgan fingerprint density at radius 3 is 2.44 bits per heavy atom. The van der Waals surface area contributed by atoms with Crippen LogP contribution in [0, 0.1) is 0 Å². The highest BCUT2D eigenvalue weighted by Gasteiger charge is 2.34. The van der Waals surface area contributed by atoms with Gasteiger partial charge in [-0.3, -0.25) is 19.3 Å². The summed E-state index contributed by atoms with van der Waals surface area (Å²) >= 11 is 6.60. The van der Waals surface area contributed by atoms with Crippen molar-refractivity contribution in [2.75, 3.05) is 34.4 Å². The van der Waals surface area contributed by atoms with Gasteiger partial charge in [0.1, 0.15) is 5.15 Å². The third-order valence-electron chi connectivity index (χ3n) is 4.47. The second-order valence-electron chi connectivity index (χ2n) is 6.42. The van der Waals surface area contributed by atoms with E-state index in [2.05, 4.69) is 10.3 Å². The predicted molar refractivity (Wildman–Crippen MR) is 120 cm³/mol. The van der Waals surface area contributed by atoms with Gasteiger partial charge in [0.25, 0.3) is 17.1 Å². The number of aromatic nitrogens is 1. The fraction of sp³-hybridized carbons (Fsp3) is 0.238. The Labute approximate surface area is 193 Å². The number of carbonyl (C=O) groups is 3. The van der Waals surface area contributed by atoms with Gasteiger partial charge >= 0.3 is 0 Å². The van der Waals surface area contributed by atoms with Crippen LogP contribution in [0.2, 0.25) is 5.15 Å². The molecular formula is C21H20ClN3O6S. The minimum Gasteiger partial charge on any atom is -0.493 e. The second kappa shape index (κ2) is 10.4. The molecular weight excluding hydrogens is 458 g/mol. The summed E-state index contributed by atoms with van der Waals surface area (Å²) in [6.45, 7) is 0.121. The molecule has 0 aliphatic carbocycles. The molecule has 1 saturated heterocycles. The highest BCUT2D eigenvalue weighted by atomic mass is 35.5. The van der Waals surface area contributed by atoms with Crippen molar-refractivity contribution >= 4 is 46.5 Å². The van der Waals surface area contributed by atoms with E-state index in [1.54, 1.807) is 18.2 Å². The predicted octanol–water partition coefficient (Wildman–Crippen LogP) is 3.23. The molecule has 0 radical (unpaired) electrons. The molecule has 0 spiro atoms. The summed E-state index contributed by atoms with van der Waals surface area (Å²) in [6.07, 6.45) is 2.99. The lowest BCUT2D eigenvalue weighted by Crippen LogP contribution is -2.37. The van der Waals surface area contributed by atoms with Crippen LogP contribution >= 0.6 is 23.4 Å². The van der Waals surface area contributed by atoms with Crippen molar-refractivity contribution in [3.05, 3.63) is 51.6 Å². The number of amides is 3. The highest BCUT2D eigenvalue weighted by Crippen LogP contribution is 2.40. The number of carbonyl (C=O) groups excluding carboxylic acids is 3. The summed E-state index contributed by atoms with van der Waals surface area (Å²) in [5, 5.41) is 2.43. The first-order valence-corrected chi connectivity index (χ1v) is 10.5. The zero-order valence-corrected chi connectivity index (χ0v) is 19.1. The smallest absolute Gasteiger partial charge is 0.293 e. The lowest BCUT2D eigenvalue weighted by atomic mass is 10.1. The van der Waals surface area contributed by atoms with E-state index in [4.69, 9.17) is 25.8 Å². The van der Waals surface area contributed by atoms with Gasteiger partial charge in [-0.25, -0.2) is 4.98 Å². The summed E-state index contributed by atoms with van der Waals surface area (Å²) in [4.78, 5) is 42.4. The average molecular weight is 478 g/mol. The zero-order chi connectivity index (χ0) is 23.3. The molecule has 32 heavy (non-hydrogen) atoms. The third kappa shape index (κ3) is 5.14. The minimum atomic E-state index is -0.449. The molecule has 0 saturated carbocycles. The molecule has 0 bridgehead atoms. The van der Waals surface area contributed by atoms with Gasteiger partial charge in [-0.1, -0.05) is 11.6 Å². The van der Waals surface area contributed by atoms with Gasteiger partial charge < -0.3 is 19.5 Å². The molecule has 3 amide bonds. The number of pyridine rings is 1. The SMILES string of the molecule is COc1cc(/C=C2/SC(=O)N(CCNC(=O)c3ccnc(Cl)c3)C2=O)cc(OC)c1OC. The van der Waals surface area contributed by atoms with Crippen molar-refractivity contribution in [1.82, 2.24) is 15.2 Å². The van der Waals surface area contributed by atoms with Crippen LogP contribution in [0.1, 0.15) is 15.9 Å². The largest absolute Gasteiger partial charge is 0.493 e. The Morgan fingerprint density at radius 1 is 1.16 bits per heavy atom. The van der Waals surface area contributed by atoms with Gasteiger partial charge in [0, 0.05) is 24.8 Å². The van der Waals surface area contributed by atoms with Crippen LogP contribution < -0.4 is 19.5 Å². The fourth-order valence-electron chi connectivity index (χ4n) is 2.96. The van der Waals surface area contributed by atoms with Crippen LogP contribution in [0.15, 0.2) is 35.4 Å². The van der Waals surface area contributed by atoms with E-state index in [-0.39, 0.29) is 29.1 Å². The molecule has 1 aromatic carbocycles. The molecule has 1 fully saturated rings. The first-order chi connectivity index (χ1) is 15.4. The number of methoxy groups -OCH3 is 3. The van der Waals surface area contributed by atoms with Crippen molar-refractivity contribution < 1.29 is 28.6 Å². The average Bonchev–Trinajstić information content (AvgIpc) is 3.05. The number of rotatable bonds is 8. The number of benzene rings is 1. The van der Waals surface area contributed by atoms with Crippen LogP contribution in [-0.4, -0.2) is 61.4 Å². The monoisotopic (exact) mass is 477 g/mol. The van der Waals surface area contributed by atoms with Gasteiger partial charge in [0.05, 0.1) is 26.2 Å². The molecule has 2 aromatic rings. The molecule has 9 nitrogen and oxygen atoms in total. The van der Waals surface area contributed by atoms with E-state index in [0.29, 0.717) is 28.4 Å². The minimum absolute atomic E-state index is 0.0296. The van der Waals surface area contributed by atoms with E-state index >= 15 is 0 Å². The number of nitrogens with one attached hydrogen (secondary N) is 1. The number of halogens is 1. The number of thioether (sulfide) groups is 1. The van der Waals surface area contributed by atoms with Crippen molar-refractivity contribution in [1.29, 1.82) is 0 Å². The first-order valence-electron chi connectivity index (χ1n) is 9.33. The highest BCUT2D eigenvalue weighted by molar-refractivity contribution is 8.18.